The van der Waals surface area contributed by atoms with Crippen LogP contribution in [0.2, 0.25) is 0 Å². The Bertz CT molecular complexity index is 444. The fourth-order valence-electron chi connectivity index (χ4n) is 1.15. The molecule has 16 heavy (non-hydrogen) atoms. The summed E-state index contributed by atoms with van der Waals surface area (Å²) in [7, 11) is 0. The van der Waals surface area contributed by atoms with E-state index in [1.165, 1.54) is 18.2 Å². The Balaban J connectivity index is 3.18. The molecule has 0 spiro atoms. The van der Waals surface area contributed by atoms with E-state index >= 15 is 0 Å². The molecule has 1 aromatic carbocycles. The zero-order valence-corrected chi connectivity index (χ0v) is 8.12. The number of hydrogen-bond acceptors (Lipinski definition) is 2. The third-order valence-electron chi connectivity index (χ3n) is 1.90. The number of alkyl halides is 3. The number of aliphatic hydroxyl groups excluding tert-OH is 1. The van der Waals surface area contributed by atoms with Crippen molar-refractivity contribution >= 4 is 6.08 Å². The fourth-order valence-corrected chi connectivity index (χ4v) is 1.15. The van der Waals surface area contributed by atoms with Crippen LogP contribution in [0.4, 0.5) is 13.2 Å². The normalized spacial score (nSPS) is 11.7. The van der Waals surface area contributed by atoms with Gasteiger partial charge in [-0.25, -0.2) is 0 Å². The van der Waals surface area contributed by atoms with Crippen molar-refractivity contribution in [3.05, 3.63) is 41.0 Å². The molecule has 84 valence electrons. The first kappa shape index (κ1) is 12.3. The zero-order valence-electron chi connectivity index (χ0n) is 8.12. The third kappa shape index (κ3) is 2.84. The average molecular weight is 227 g/mol. The minimum atomic E-state index is -4.45. The molecule has 5 heteroatoms. The molecule has 0 radical (unpaired) electrons. The molecule has 0 saturated carbocycles. The Kier molecular flexibility index (Phi) is 3.69. The Morgan fingerprint density at radius 3 is 2.56 bits per heavy atom. The van der Waals surface area contributed by atoms with E-state index in [0.717, 1.165) is 12.1 Å². The largest absolute Gasteiger partial charge is 0.416 e. The van der Waals surface area contributed by atoms with Gasteiger partial charge in [0.15, 0.2) is 0 Å². The van der Waals surface area contributed by atoms with E-state index in [1.54, 1.807) is 6.07 Å². The summed E-state index contributed by atoms with van der Waals surface area (Å²) in [5.41, 5.74) is -0.575. The predicted octanol–water partition coefficient (Wildman–Crippen LogP) is 2.58. The first-order chi connectivity index (χ1) is 7.49. The van der Waals surface area contributed by atoms with Crippen LogP contribution in [0.3, 0.4) is 0 Å². The molecule has 2 nitrogen and oxygen atoms in total. The molecule has 0 unspecified atom stereocenters. The average Bonchev–Trinajstić information content (AvgIpc) is 2.24. The lowest BCUT2D eigenvalue weighted by molar-refractivity contribution is -0.137. The molecule has 0 aliphatic carbocycles. The number of aliphatic hydroxyl groups is 1. The summed E-state index contributed by atoms with van der Waals surface area (Å²) in [5, 5.41) is 17.2. The highest BCUT2D eigenvalue weighted by Gasteiger charge is 2.30. The summed E-state index contributed by atoms with van der Waals surface area (Å²) in [4.78, 5) is 0. The van der Waals surface area contributed by atoms with Crippen molar-refractivity contribution in [2.24, 2.45) is 0 Å². The van der Waals surface area contributed by atoms with Gasteiger partial charge >= 0.3 is 6.18 Å². The molecule has 0 fully saturated rings. The van der Waals surface area contributed by atoms with Gasteiger partial charge in [-0.1, -0.05) is 18.2 Å². The lowest BCUT2D eigenvalue weighted by atomic mass is 10.0. The van der Waals surface area contributed by atoms with E-state index in [9.17, 15) is 13.2 Å². The minimum Gasteiger partial charge on any atom is -0.392 e. The van der Waals surface area contributed by atoms with Crippen molar-refractivity contribution in [1.29, 1.82) is 5.26 Å². The molecule has 0 saturated heterocycles. The molecule has 0 bridgehead atoms. The first-order valence-electron chi connectivity index (χ1n) is 4.38. The summed E-state index contributed by atoms with van der Waals surface area (Å²) in [6, 6.07) is 4.58. The molecule has 1 N–H and O–H groups in total. The van der Waals surface area contributed by atoms with Crippen molar-refractivity contribution in [2.45, 2.75) is 6.18 Å². The minimum absolute atomic E-state index is 0.0699. The van der Waals surface area contributed by atoms with E-state index in [2.05, 4.69) is 0 Å². The number of hydrogen-bond donors (Lipinski definition) is 1. The van der Waals surface area contributed by atoms with Gasteiger partial charge in [0.2, 0.25) is 0 Å². The lowest BCUT2D eigenvalue weighted by Gasteiger charge is -2.07. The summed E-state index contributed by atoms with van der Waals surface area (Å²) < 4.78 is 37.0. The van der Waals surface area contributed by atoms with Crippen molar-refractivity contribution in [2.75, 3.05) is 6.61 Å². The monoisotopic (exact) mass is 227 g/mol. The van der Waals surface area contributed by atoms with Gasteiger partial charge in [-0.2, -0.15) is 18.4 Å². The standard InChI is InChI=1S/C11H8F3NO/c12-11(13,14)10-4-3-8(2-1-5-16)9(6-10)7-15/h1-4,6,16H,5H2. The maximum absolute atomic E-state index is 12.3. The van der Waals surface area contributed by atoms with Crippen molar-refractivity contribution in [1.82, 2.24) is 0 Å². The molecule has 0 amide bonds. The molecular weight excluding hydrogens is 219 g/mol. The fraction of sp³-hybridized carbons (Fsp3) is 0.182. The highest BCUT2D eigenvalue weighted by molar-refractivity contribution is 5.59. The summed E-state index contributed by atoms with van der Waals surface area (Å²) in [6.45, 7) is -0.230. The second-order valence-electron chi connectivity index (χ2n) is 3.00. The van der Waals surface area contributed by atoms with Gasteiger partial charge in [0.25, 0.3) is 0 Å². The van der Waals surface area contributed by atoms with Crippen LogP contribution in [0.25, 0.3) is 6.08 Å². The number of halogens is 3. The van der Waals surface area contributed by atoms with E-state index in [-0.39, 0.29) is 12.2 Å². The highest BCUT2D eigenvalue weighted by atomic mass is 19.4. The maximum atomic E-state index is 12.3. The van der Waals surface area contributed by atoms with E-state index in [0.29, 0.717) is 5.56 Å². The summed E-state index contributed by atoms with van der Waals surface area (Å²) in [5.74, 6) is 0. The molecular formula is C11H8F3NO. The van der Waals surface area contributed by atoms with Gasteiger partial charge in [-0.15, -0.1) is 0 Å². The van der Waals surface area contributed by atoms with Crippen LogP contribution in [0, 0.1) is 11.3 Å². The van der Waals surface area contributed by atoms with Crippen molar-refractivity contribution in [3.8, 4) is 6.07 Å². The SMILES string of the molecule is N#Cc1cc(C(F)(F)F)ccc1C=CCO. The number of benzene rings is 1. The predicted molar refractivity (Wildman–Crippen MR) is 52.3 cm³/mol. The van der Waals surface area contributed by atoms with Gasteiger partial charge < -0.3 is 5.11 Å². The zero-order chi connectivity index (χ0) is 12.2. The van der Waals surface area contributed by atoms with Crippen LogP contribution >= 0.6 is 0 Å². The molecule has 0 aliphatic rings. The number of rotatable bonds is 2. The van der Waals surface area contributed by atoms with Crippen LogP contribution in [0.5, 0.6) is 0 Å². The van der Waals surface area contributed by atoms with Crippen LogP contribution in [-0.2, 0) is 6.18 Å². The topological polar surface area (TPSA) is 44.0 Å². The van der Waals surface area contributed by atoms with Crippen molar-refractivity contribution < 1.29 is 18.3 Å². The number of nitrogens with zero attached hydrogens (tertiary/aromatic N) is 1. The second-order valence-corrected chi connectivity index (χ2v) is 3.00. The Morgan fingerprint density at radius 2 is 2.06 bits per heavy atom. The molecule has 0 heterocycles. The van der Waals surface area contributed by atoms with Gasteiger partial charge in [0, 0.05) is 0 Å². The van der Waals surface area contributed by atoms with Crippen LogP contribution in [-0.4, -0.2) is 11.7 Å². The smallest absolute Gasteiger partial charge is 0.392 e. The van der Waals surface area contributed by atoms with Gasteiger partial charge in [-0.05, 0) is 17.7 Å². The summed E-state index contributed by atoms with van der Waals surface area (Å²) >= 11 is 0. The highest BCUT2D eigenvalue weighted by Crippen LogP contribution is 2.30. The second kappa shape index (κ2) is 4.81. The lowest BCUT2D eigenvalue weighted by Crippen LogP contribution is -2.05. The van der Waals surface area contributed by atoms with Crippen LogP contribution < -0.4 is 0 Å². The molecule has 0 atom stereocenters. The molecule has 0 aromatic heterocycles. The molecule has 0 aliphatic heterocycles. The van der Waals surface area contributed by atoms with Crippen LogP contribution in [0.1, 0.15) is 16.7 Å². The van der Waals surface area contributed by atoms with Gasteiger partial charge in [-0.3, -0.25) is 0 Å². The maximum Gasteiger partial charge on any atom is 0.416 e. The first-order valence-corrected chi connectivity index (χ1v) is 4.38. The molecule has 1 rings (SSSR count). The Morgan fingerprint density at radius 1 is 1.38 bits per heavy atom. The van der Waals surface area contributed by atoms with E-state index in [1.807, 2.05) is 0 Å². The third-order valence-corrected chi connectivity index (χ3v) is 1.90. The van der Waals surface area contributed by atoms with Crippen LogP contribution in [0.15, 0.2) is 24.3 Å². The van der Waals surface area contributed by atoms with E-state index < -0.39 is 11.7 Å². The quantitative estimate of drug-likeness (QED) is 0.843. The van der Waals surface area contributed by atoms with Crippen molar-refractivity contribution in [3.63, 3.8) is 0 Å². The van der Waals surface area contributed by atoms with E-state index in [4.69, 9.17) is 10.4 Å². The summed E-state index contributed by atoms with van der Waals surface area (Å²) in [6.07, 6.45) is -1.70. The Hall–Kier alpha value is -1.80. The Labute approximate surface area is 90.2 Å². The number of nitriles is 1. The van der Waals surface area contributed by atoms with Gasteiger partial charge in [0.05, 0.1) is 23.8 Å². The molecule has 1 aromatic rings. The van der Waals surface area contributed by atoms with Gasteiger partial charge in [0.1, 0.15) is 0 Å².